The van der Waals surface area contributed by atoms with Gasteiger partial charge in [-0.25, -0.2) is 4.98 Å². The Morgan fingerprint density at radius 2 is 2.38 bits per heavy atom. The molecule has 0 aliphatic heterocycles. The monoisotopic (exact) mass is 243 g/mol. The van der Waals surface area contributed by atoms with Crippen molar-refractivity contribution in [2.45, 2.75) is 25.9 Å². The molecule has 0 fully saturated rings. The summed E-state index contributed by atoms with van der Waals surface area (Å²) in [7, 11) is 1.60. The number of hydrogen-bond acceptors (Lipinski definition) is 5. The number of carbonyl (C=O) groups is 1. The topological polar surface area (TPSA) is 77.2 Å². The van der Waals surface area contributed by atoms with E-state index in [9.17, 15) is 4.79 Å². The highest BCUT2D eigenvalue weighted by Crippen LogP contribution is 2.10. The molecule has 0 bridgehead atoms. The van der Waals surface area contributed by atoms with E-state index in [2.05, 4.69) is 10.3 Å². The molecule has 16 heavy (non-hydrogen) atoms. The molecule has 1 rings (SSSR count). The van der Waals surface area contributed by atoms with Crippen LogP contribution in [0, 0.1) is 0 Å². The molecule has 5 nitrogen and oxygen atoms in total. The lowest BCUT2D eigenvalue weighted by Gasteiger charge is -2.24. The van der Waals surface area contributed by atoms with E-state index in [1.165, 1.54) is 11.3 Å². The minimum Gasteiger partial charge on any atom is -0.382 e. The Balaban J connectivity index is 2.65. The fraction of sp³-hybridized carbons (Fsp3) is 0.600. The van der Waals surface area contributed by atoms with E-state index in [1.54, 1.807) is 12.5 Å². The van der Waals surface area contributed by atoms with Gasteiger partial charge >= 0.3 is 0 Å². The first-order valence-electron chi connectivity index (χ1n) is 4.94. The van der Waals surface area contributed by atoms with Crippen molar-refractivity contribution in [3.05, 3.63) is 16.1 Å². The van der Waals surface area contributed by atoms with Gasteiger partial charge in [0.05, 0.1) is 12.1 Å². The lowest BCUT2D eigenvalue weighted by atomic mass is 10.1. The summed E-state index contributed by atoms with van der Waals surface area (Å²) in [5.41, 5.74) is 5.44. The van der Waals surface area contributed by atoms with Crippen LogP contribution in [0.15, 0.2) is 5.38 Å². The van der Waals surface area contributed by atoms with Crippen LogP contribution in [0.2, 0.25) is 0 Å². The molecule has 0 aliphatic rings. The fourth-order valence-electron chi connectivity index (χ4n) is 1.28. The first-order valence-corrected chi connectivity index (χ1v) is 5.82. The molecule has 0 atom stereocenters. The van der Waals surface area contributed by atoms with Crippen molar-refractivity contribution >= 4 is 17.2 Å². The van der Waals surface area contributed by atoms with E-state index in [0.717, 1.165) is 5.01 Å². The van der Waals surface area contributed by atoms with Gasteiger partial charge in [0.1, 0.15) is 10.7 Å². The van der Waals surface area contributed by atoms with Crippen LogP contribution in [0.4, 0.5) is 0 Å². The SMILES string of the molecule is COCC(C)(C)NC(=O)c1csc(CN)n1. The highest BCUT2D eigenvalue weighted by atomic mass is 32.1. The normalized spacial score (nSPS) is 11.5. The quantitative estimate of drug-likeness (QED) is 0.800. The summed E-state index contributed by atoms with van der Waals surface area (Å²) < 4.78 is 5.02. The fourth-order valence-corrected chi connectivity index (χ4v) is 1.93. The van der Waals surface area contributed by atoms with E-state index in [4.69, 9.17) is 10.5 Å². The van der Waals surface area contributed by atoms with Crippen LogP contribution in [0.5, 0.6) is 0 Å². The van der Waals surface area contributed by atoms with E-state index in [-0.39, 0.29) is 5.91 Å². The van der Waals surface area contributed by atoms with Gasteiger partial charge in [-0.3, -0.25) is 4.79 Å². The second kappa shape index (κ2) is 5.38. The summed E-state index contributed by atoms with van der Waals surface area (Å²) in [6.45, 7) is 4.60. The van der Waals surface area contributed by atoms with Crippen molar-refractivity contribution in [1.29, 1.82) is 0 Å². The third-order valence-corrected chi connectivity index (χ3v) is 2.79. The maximum Gasteiger partial charge on any atom is 0.271 e. The molecule has 6 heteroatoms. The molecule has 1 heterocycles. The predicted octanol–water partition coefficient (Wildman–Crippen LogP) is 0.757. The van der Waals surface area contributed by atoms with Crippen molar-refractivity contribution in [1.82, 2.24) is 10.3 Å². The minimum absolute atomic E-state index is 0.196. The Bertz CT molecular complexity index is 363. The summed E-state index contributed by atoms with van der Waals surface area (Å²) in [6.07, 6.45) is 0. The third kappa shape index (κ3) is 3.55. The number of amides is 1. The summed E-state index contributed by atoms with van der Waals surface area (Å²) >= 11 is 1.39. The molecule has 0 radical (unpaired) electrons. The highest BCUT2D eigenvalue weighted by molar-refractivity contribution is 7.09. The first-order chi connectivity index (χ1) is 7.48. The Labute approximate surface area is 99.0 Å². The smallest absolute Gasteiger partial charge is 0.271 e. The van der Waals surface area contributed by atoms with E-state index in [0.29, 0.717) is 18.8 Å². The second-order valence-corrected chi connectivity index (χ2v) is 5.04. The molecule has 3 N–H and O–H groups in total. The molecule has 90 valence electrons. The summed E-state index contributed by atoms with van der Waals surface area (Å²) in [6, 6.07) is 0. The lowest BCUT2D eigenvalue weighted by Crippen LogP contribution is -2.46. The van der Waals surface area contributed by atoms with Gasteiger partial charge in [-0.1, -0.05) is 0 Å². The summed E-state index contributed by atoms with van der Waals surface area (Å²) in [4.78, 5) is 15.9. The molecule has 1 aromatic heterocycles. The van der Waals surface area contributed by atoms with Crippen LogP contribution in [-0.4, -0.2) is 30.1 Å². The van der Waals surface area contributed by atoms with Gasteiger partial charge in [-0.15, -0.1) is 11.3 Å². The van der Waals surface area contributed by atoms with Gasteiger partial charge in [0, 0.05) is 19.0 Å². The lowest BCUT2D eigenvalue weighted by molar-refractivity contribution is 0.0815. The van der Waals surface area contributed by atoms with Crippen molar-refractivity contribution in [2.75, 3.05) is 13.7 Å². The first kappa shape index (κ1) is 13.1. The van der Waals surface area contributed by atoms with E-state index >= 15 is 0 Å². The van der Waals surface area contributed by atoms with Crippen LogP contribution < -0.4 is 11.1 Å². The number of hydrogen-bond donors (Lipinski definition) is 2. The zero-order chi connectivity index (χ0) is 12.2. The van der Waals surface area contributed by atoms with Crippen molar-refractivity contribution < 1.29 is 9.53 Å². The number of aromatic nitrogens is 1. The molecule has 0 aromatic carbocycles. The second-order valence-electron chi connectivity index (χ2n) is 4.10. The van der Waals surface area contributed by atoms with Crippen molar-refractivity contribution in [2.24, 2.45) is 5.73 Å². The number of nitrogens with two attached hydrogens (primary N) is 1. The average Bonchev–Trinajstić information content (AvgIpc) is 2.64. The minimum atomic E-state index is -0.404. The predicted molar refractivity (Wildman–Crippen MR) is 63.4 cm³/mol. The molecule has 0 saturated heterocycles. The number of thiazole rings is 1. The largest absolute Gasteiger partial charge is 0.382 e. The van der Waals surface area contributed by atoms with Crippen molar-refractivity contribution in [3.8, 4) is 0 Å². The molecule has 1 aromatic rings. The Hall–Kier alpha value is -0.980. The molecular weight excluding hydrogens is 226 g/mol. The van der Waals surface area contributed by atoms with Gasteiger partial charge in [-0.2, -0.15) is 0 Å². The number of methoxy groups -OCH3 is 1. The summed E-state index contributed by atoms with van der Waals surface area (Å²) in [5, 5.41) is 5.32. The average molecular weight is 243 g/mol. The van der Waals surface area contributed by atoms with Crippen LogP contribution >= 0.6 is 11.3 Å². The van der Waals surface area contributed by atoms with Gasteiger partial charge < -0.3 is 15.8 Å². The Morgan fingerprint density at radius 1 is 1.69 bits per heavy atom. The number of carbonyl (C=O) groups excluding carboxylic acids is 1. The van der Waals surface area contributed by atoms with Crippen LogP contribution in [0.1, 0.15) is 29.3 Å². The zero-order valence-corrected chi connectivity index (χ0v) is 10.6. The molecule has 1 amide bonds. The molecular formula is C10H17N3O2S. The number of ether oxygens (including phenoxy) is 1. The highest BCUT2D eigenvalue weighted by Gasteiger charge is 2.22. The molecule has 0 saturated carbocycles. The van der Waals surface area contributed by atoms with Crippen LogP contribution in [-0.2, 0) is 11.3 Å². The molecule has 0 spiro atoms. The van der Waals surface area contributed by atoms with Gasteiger partial charge in [0.2, 0.25) is 0 Å². The van der Waals surface area contributed by atoms with Gasteiger partial charge in [0.25, 0.3) is 5.91 Å². The summed E-state index contributed by atoms with van der Waals surface area (Å²) in [5.74, 6) is -0.196. The van der Waals surface area contributed by atoms with Gasteiger partial charge in [-0.05, 0) is 13.8 Å². The molecule has 0 unspecified atom stereocenters. The number of nitrogens with one attached hydrogen (secondary N) is 1. The van der Waals surface area contributed by atoms with E-state index < -0.39 is 5.54 Å². The van der Waals surface area contributed by atoms with Crippen LogP contribution in [0.3, 0.4) is 0 Å². The van der Waals surface area contributed by atoms with Crippen molar-refractivity contribution in [3.63, 3.8) is 0 Å². The Morgan fingerprint density at radius 3 is 2.88 bits per heavy atom. The zero-order valence-electron chi connectivity index (χ0n) is 9.74. The van der Waals surface area contributed by atoms with Gasteiger partial charge in [0.15, 0.2) is 0 Å². The number of nitrogens with zero attached hydrogens (tertiary/aromatic N) is 1. The maximum atomic E-state index is 11.8. The van der Waals surface area contributed by atoms with E-state index in [1.807, 2.05) is 13.8 Å². The molecule has 0 aliphatic carbocycles. The Kier molecular flexibility index (Phi) is 4.40. The third-order valence-electron chi connectivity index (χ3n) is 1.92. The maximum absolute atomic E-state index is 11.8. The van der Waals surface area contributed by atoms with Crippen LogP contribution in [0.25, 0.3) is 0 Å². The standard InChI is InChI=1S/C10H17N3O2S/c1-10(2,6-15-3)13-9(14)7-5-16-8(4-11)12-7/h5H,4,6,11H2,1-3H3,(H,13,14). The number of rotatable bonds is 5.